The number of anilines is 1. The number of halogens is 1. The predicted octanol–water partition coefficient (Wildman–Crippen LogP) is 4.19. The van der Waals surface area contributed by atoms with Gasteiger partial charge in [0.1, 0.15) is 5.75 Å². The summed E-state index contributed by atoms with van der Waals surface area (Å²) in [6, 6.07) is 11.6. The molecule has 1 aliphatic heterocycles. The zero-order chi connectivity index (χ0) is 20.2. The average molecular weight is 417 g/mol. The first kappa shape index (κ1) is 19.9. The number of carbonyl (C=O) groups excluding carboxylic acids is 1. The Labute approximate surface area is 175 Å². The molecule has 1 atom stereocenters. The summed E-state index contributed by atoms with van der Waals surface area (Å²) < 4.78 is 16.5. The van der Waals surface area contributed by atoms with E-state index in [2.05, 4.69) is 10.6 Å². The maximum absolute atomic E-state index is 12.6. The zero-order valence-corrected chi connectivity index (χ0v) is 17.1. The summed E-state index contributed by atoms with van der Waals surface area (Å²) >= 11 is 6.32. The lowest BCUT2D eigenvalue weighted by Gasteiger charge is -2.19. The number of carbonyl (C=O) groups is 1. The van der Waals surface area contributed by atoms with Gasteiger partial charge in [-0.05, 0) is 36.5 Å². The lowest BCUT2D eigenvalue weighted by molar-refractivity contribution is -0.115. The van der Waals surface area contributed by atoms with Crippen LogP contribution in [0.1, 0.15) is 30.9 Å². The van der Waals surface area contributed by atoms with Crippen LogP contribution in [0, 0.1) is 5.92 Å². The van der Waals surface area contributed by atoms with E-state index < -0.39 is 0 Å². The number of methoxy groups -OCH3 is 1. The topological polar surface area (TPSA) is 68.8 Å². The van der Waals surface area contributed by atoms with Gasteiger partial charge in [0.05, 0.1) is 37.6 Å². The van der Waals surface area contributed by atoms with Crippen molar-refractivity contribution in [2.75, 3.05) is 32.2 Å². The second-order valence-electron chi connectivity index (χ2n) is 7.35. The summed E-state index contributed by atoms with van der Waals surface area (Å²) in [4.78, 5) is 12.6. The molecule has 1 heterocycles. The highest BCUT2D eigenvalue weighted by Gasteiger charge is 2.32. The number of ether oxygens (including phenoxy) is 3. The number of nitrogens with one attached hydrogen (secondary N) is 2. The summed E-state index contributed by atoms with van der Waals surface area (Å²) in [7, 11) is 1.65. The van der Waals surface area contributed by atoms with Gasteiger partial charge in [-0.25, -0.2) is 0 Å². The second kappa shape index (κ2) is 8.93. The summed E-state index contributed by atoms with van der Waals surface area (Å²) in [5.41, 5.74) is 1.69. The Kier molecular flexibility index (Phi) is 6.11. The summed E-state index contributed by atoms with van der Waals surface area (Å²) in [6.45, 7) is 1.36. The van der Waals surface area contributed by atoms with Crippen molar-refractivity contribution < 1.29 is 19.0 Å². The van der Waals surface area contributed by atoms with E-state index >= 15 is 0 Å². The van der Waals surface area contributed by atoms with Crippen LogP contribution in [0.15, 0.2) is 36.4 Å². The molecule has 0 aromatic heterocycles. The Hall–Kier alpha value is -2.44. The Morgan fingerprint density at radius 1 is 1.17 bits per heavy atom. The molecule has 4 rings (SSSR count). The molecular formula is C22H25ClN2O4. The van der Waals surface area contributed by atoms with Crippen molar-refractivity contribution in [2.24, 2.45) is 5.92 Å². The number of hydrogen-bond donors (Lipinski definition) is 2. The molecule has 6 nitrogen and oxygen atoms in total. The van der Waals surface area contributed by atoms with Crippen LogP contribution in [0.4, 0.5) is 5.69 Å². The lowest BCUT2D eigenvalue weighted by atomic mass is 10.0. The highest BCUT2D eigenvalue weighted by atomic mass is 35.5. The zero-order valence-electron chi connectivity index (χ0n) is 16.4. The van der Waals surface area contributed by atoms with E-state index in [1.54, 1.807) is 19.2 Å². The van der Waals surface area contributed by atoms with Crippen LogP contribution in [0.5, 0.6) is 17.2 Å². The van der Waals surface area contributed by atoms with Crippen LogP contribution < -0.4 is 24.8 Å². The minimum Gasteiger partial charge on any atom is -0.497 e. The molecule has 154 valence electrons. The van der Waals surface area contributed by atoms with Crippen molar-refractivity contribution in [3.8, 4) is 17.2 Å². The number of benzene rings is 2. The standard InChI is InChI=1S/C22H25ClN2O4/c1-27-16-7-5-15(6-8-16)22(14-3-4-14)24-13-21(26)25-18-12-20-19(11-17(18)23)28-9-2-10-29-20/h5-8,11-12,14,22,24H,2-4,9-10,13H2,1H3,(H,25,26). The molecule has 0 radical (unpaired) electrons. The van der Waals surface area contributed by atoms with E-state index in [-0.39, 0.29) is 18.5 Å². The second-order valence-corrected chi connectivity index (χ2v) is 7.75. The fourth-order valence-electron chi connectivity index (χ4n) is 3.47. The van der Waals surface area contributed by atoms with Gasteiger partial charge in [-0.2, -0.15) is 0 Å². The van der Waals surface area contributed by atoms with Gasteiger partial charge >= 0.3 is 0 Å². The first-order valence-electron chi connectivity index (χ1n) is 9.90. The molecule has 0 saturated heterocycles. The van der Waals surface area contributed by atoms with E-state index in [1.165, 1.54) is 12.8 Å². The Balaban J connectivity index is 1.39. The molecule has 1 aliphatic carbocycles. The molecule has 2 aromatic rings. The van der Waals surface area contributed by atoms with Crippen LogP contribution >= 0.6 is 11.6 Å². The normalized spacial score (nSPS) is 16.6. The molecule has 1 amide bonds. The monoisotopic (exact) mass is 416 g/mol. The quantitative estimate of drug-likeness (QED) is 0.708. The summed E-state index contributed by atoms with van der Waals surface area (Å²) in [5, 5.41) is 6.70. The van der Waals surface area contributed by atoms with E-state index in [9.17, 15) is 4.79 Å². The van der Waals surface area contributed by atoms with Crippen molar-refractivity contribution in [2.45, 2.75) is 25.3 Å². The third-order valence-electron chi connectivity index (χ3n) is 5.16. The Morgan fingerprint density at radius 3 is 2.52 bits per heavy atom. The summed E-state index contributed by atoms with van der Waals surface area (Å²) in [5.74, 6) is 2.43. The number of fused-ring (bicyclic) bond motifs is 1. The van der Waals surface area contributed by atoms with Crippen molar-refractivity contribution >= 4 is 23.2 Å². The molecule has 29 heavy (non-hydrogen) atoms. The molecule has 7 heteroatoms. The third kappa shape index (κ3) is 4.95. The van der Waals surface area contributed by atoms with Crippen LogP contribution in [-0.4, -0.2) is 32.8 Å². The maximum Gasteiger partial charge on any atom is 0.238 e. The van der Waals surface area contributed by atoms with Gasteiger partial charge in [-0.15, -0.1) is 0 Å². The highest BCUT2D eigenvalue weighted by Crippen LogP contribution is 2.41. The van der Waals surface area contributed by atoms with Gasteiger partial charge in [0.2, 0.25) is 5.91 Å². The van der Waals surface area contributed by atoms with E-state index in [0.717, 1.165) is 17.7 Å². The van der Waals surface area contributed by atoms with E-state index in [0.29, 0.717) is 41.3 Å². The lowest BCUT2D eigenvalue weighted by Crippen LogP contribution is -2.32. The van der Waals surface area contributed by atoms with Gasteiger partial charge in [0.15, 0.2) is 11.5 Å². The minimum atomic E-state index is -0.152. The first-order chi connectivity index (χ1) is 14.1. The number of amides is 1. The van der Waals surface area contributed by atoms with Crippen molar-refractivity contribution in [3.05, 3.63) is 47.0 Å². The first-order valence-corrected chi connectivity index (χ1v) is 10.3. The van der Waals surface area contributed by atoms with E-state index in [1.807, 2.05) is 24.3 Å². The van der Waals surface area contributed by atoms with Crippen molar-refractivity contribution in [1.29, 1.82) is 0 Å². The fraction of sp³-hybridized carbons (Fsp3) is 0.409. The van der Waals surface area contributed by atoms with Crippen LogP contribution in [-0.2, 0) is 4.79 Å². The van der Waals surface area contributed by atoms with Crippen LogP contribution in [0.2, 0.25) is 5.02 Å². The van der Waals surface area contributed by atoms with Gasteiger partial charge in [-0.1, -0.05) is 23.7 Å². The predicted molar refractivity (Wildman–Crippen MR) is 112 cm³/mol. The van der Waals surface area contributed by atoms with Gasteiger partial charge in [-0.3, -0.25) is 4.79 Å². The Morgan fingerprint density at radius 2 is 1.86 bits per heavy atom. The molecule has 0 spiro atoms. The number of rotatable bonds is 7. The maximum atomic E-state index is 12.6. The van der Waals surface area contributed by atoms with Gasteiger partial charge in [0, 0.05) is 24.6 Å². The Bertz CT molecular complexity index is 868. The molecule has 2 aliphatic rings. The fourth-order valence-corrected chi connectivity index (χ4v) is 3.68. The van der Waals surface area contributed by atoms with Gasteiger partial charge < -0.3 is 24.8 Å². The molecule has 0 bridgehead atoms. The van der Waals surface area contributed by atoms with Crippen LogP contribution in [0.3, 0.4) is 0 Å². The molecule has 1 unspecified atom stereocenters. The smallest absolute Gasteiger partial charge is 0.238 e. The van der Waals surface area contributed by atoms with Crippen molar-refractivity contribution in [1.82, 2.24) is 5.32 Å². The molecule has 2 N–H and O–H groups in total. The van der Waals surface area contributed by atoms with E-state index in [4.69, 9.17) is 25.8 Å². The average Bonchev–Trinajstić information content (AvgIpc) is 3.57. The molecule has 1 saturated carbocycles. The summed E-state index contributed by atoms with van der Waals surface area (Å²) in [6.07, 6.45) is 3.14. The van der Waals surface area contributed by atoms with Crippen molar-refractivity contribution in [3.63, 3.8) is 0 Å². The molecule has 2 aromatic carbocycles. The largest absolute Gasteiger partial charge is 0.497 e. The third-order valence-corrected chi connectivity index (χ3v) is 5.47. The minimum absolute atomic E-state index is 0.144. The highest BCUT2D eigenvalue weighted by molar-refractivity contribution is 6.34. The van der Waals surface area contributed by atoms with Gasteiger partial charge in [0.25, 0.3) is 0 Å². The molecule has 1 fully saturated rings. The SMILES string of the molecule is COc1ccc(C(NCC(=O)Nc2cc3c(cc2Cl)OCCCO3)C2CC2)cc1. The molecular weight excluding hydrogens is 392 g/mol. The number of hydrogen-bond acceptors (Lipinski definition) is 5. The van der Waals surface area contributed by atoms with Crippen LogP contribution in [0.25, 0.3) is 0 Å².